The first-order chi connectivity index (χ1) is 17.1. The molecule has 2 fully saturated rings. The zero-order valence-electron chi connectivity index (χ0n) is 21.8. The van der Waals surface area contributed by atoms with Crippen LogP contribution in [-0.2, 0) is 16.1 Å². The van der Waals surface area contributed by atoms with Crippen LogP contribution in [0.25, 0.3) is 0 Å². The Morgan fingerprint density at radius 3 is 2.08 bits per heavy atom. The molecule has 3 rings (SSSR count). The fourth-order valence-corrected chi connectivity index (χ4v) is 5.16. The number of carbonyl (C=O) groups excluding carboxylic acids is 2. The van der Waals surface area contributed by atoms with E-state index in [0.29, 0.717) is 24.8 Å². The molecule has 202 valence electrons. The van der Waals surface area contributed by atoms with Crippen molar-refractivity contribution >= 4 is 18.2 Å². The molecule has 0 bridgehead atoms. The van der Waals surface area contributed by atoms with Crippen LogP contribution in [0.3, 0.4) is 0 Å². The summed E-state index contributed by atoms with van der Waals surface area (Å²) in [5, 5.41) is 17.3. The zero-order chi connectivity index (χ0) is 26.8. The number of nitrogen functional groups attached to an aromatic ring is 1. The number of amidine groups is 1. The lowest BCUT2D eigenvalue weighted by Crippen LogP contribution is -2.45. The molecule has 0 spiro atoms. The lowest BCUT2D eigenvalue weighted by molar-refractivity contribution is -0.140. The lowest BCUT2D eigenvalue weighted by Gasteiger charge is -2.30. The molecule has 0 saturated heterocycles. The van der Waals surface area contributed by atoms with Gasteiger partial charge < -0.3 is 10.8 Å². The molecule has 1 aromatic rings. The van der Waals surface area contributed by atoms with Gasteiger partial charge in [0.1, 0.15) is 11.4 Å². The van der Waals surface area contributed by atoms with E-state index in [9.17, 15) is 24.3 Å². The minimum absolute atomic E-state index is 0.0874. The van der Waals surface area contributed by atoms with Gasteiger partial charge in [-0.2, -0.15) is 0 Å². The summed E-state index contributed by atoms with van der Waals surface area (Å²) in [6, 6.07) is -0.159. The van der Waals surface area contributed by atoms with E-state index in [4.69, 9.17) is 11.1 Å². The molecule has 2 aliphatic carbocycles. The molecule has 11 heteroatoms. The number of H-pyrrole nitrogens is 1. The summed E-state index contributed by atoms with van der Waals surface area (Å²) in [5.41, 5.74) is 3.44. The van der Waals surface area contributed by atoms with Gasteiger partial charge in [-0.3, -0.25) is 39.1 Å². The van der Waals surface area contributed by atoms with Crippen molar-refractivity contribution in [2.45, 2.75) is 83.2 Å². The number of carbonyl (C=O) groups is 2. The third-order valence-corrected chi connectivity index (χ3v) is 7.30. The number of nitrogens with one attached hydrogen (secondary N) is 2. The predicted octanol–water partition coefficient (Wildman–Crippen LogP) is 1.61. The number of nitrogens with two attached hydrogens (primary N) is 1. The molecule has 2 saturated carbocycles. The van der Waals surface area contributed by atoms with E-state index in [2.05, 4.69) is 4.98 Å². The minimum atomic E-state index is -0.824. The van der Waals surface area contributed by atoms with Crippen molar-refractivity contribution in [3.63, 3.8) is 0 Å². The van der Waals surface area contributed by atoms with Gasteiger partial charge in [0.05, 0.1) is 6.04 Å². The number of amides is 2. The highest BCUT2D eigenvalue weighted by molar-refractivity contribution is 5.96. The number of hydrogen-bond donors (Lipinski definition) is 4. The summed E-state index contributed by atoms with van der Waals surface area (Å²) in [6.07, 6.45) is 13.2. The molecular weight excluding hydrogens is 464 g/mol. The molecule has 2 aliphatic rings. The second kappa shape index (κ2) is 14.0. The van der Waals surface area contributed by atoms with Crippen molar-refractivity contribution < 1.29 is 14.7 Å². The highest BCUT2D eigenvalue weighted by atomic mass is 16.3. The third-order valence-electron chi connectivity index (χ3n) is 7.30. The van der Waals surface area contributed by atoms with E-state index < -0.39 is 23.0 Å². The van der Waals surface area contributed by atoms with Crippen LogP contribution < -0.4 is 17.0 Å². The average molecular weight is 507 g/mol. The monoisotopic (exact) mass is 506 g/mol. The van der Waals surface area contributed by atoms with Gasteiger partial charge in [-0.15, -0.1) is 0 Å². The van der Waals surface area contributed by atoms with Crippen LogP contribution in [0.15, 0.2) is 9.59 Å². The summed E-state index contributed by atoms with van der Waals surface area (Å²) >= 11 is 0. The summed E-state index contributed by atoms with van der Waals surface area (Å²) in [5.74, 6) is -0.193. The van der Waals surface area contributed by atoms with Gasteiger partial charge in [-0.1, -0.05) is 51.4 Å². The SMILES string of the molecule is CN(C=O)C(=O)C(CC1CCCCC1)N(C)C.N=C(N)c1c(O)n(CC2CCCCC2)c(=O)[nH]c1=O. The van der Waals surface area contributed by atoms with E-state index in [1.165, 1.54) is 45.6 Å². The van der Waals surface area contributed by atoms with Gasteiger partial charge in [0.25, 0.3) is 5.56 Å². The summed E-state index contributed by atoms with van der Waals surface area (Å²) in [6.45, 7) is 0.349. The minimum Gasteiger partial charge on any atom is -0.494 e. The van der Waals surface area contributed by atoms with E-state index in [0.717, 1.165) is 41.6 Å². The predicted molar refractivity (Wildman–Crippen MR) is 138 cm³/mol. The molecule has 5 N–H and O–H groups in total. The molecule has 1 unspecified atom stereocenters. The first kappa shape index (κ1) is 29.3. The van der Waals surface area contributed by atoms with E-state index in [-0.39, 0.29) is 17.5 Å². The first-order valence-corrected chi connectivity index (χ1v) is 12.9. The Labute approximate surface area is 212 Å². The number of aromatic hydroxyl groups is 1. The van der Waals surface area contributed by atoms with Crippen molar-refractivity contribution in [1.82, 2.24) is 19.4 Å². The zero-order valence-corrected chi connectivity index (χ0v) is 21.8. The van der Waals surface area contributed by atoms with Crippen LogP contribution >= 0.6 is 0 Å². The smallest absolute Gasteiger partial charge is 0.331 e. The van der Waals surface area contributed by atoms with Gasteiger partial charge in [0, 0.05) is 13.6 Å². The Balaban J connectivity index is 0.000000255. The fraction of sp³-hybridized carbons (Fsp3) is 0.720. The third kappa shape index (κ3) is 8.04. The van der Waals surface area contributed by atoms with Gasteiger partial charge in [-0.25, -0.2) is 4.79 Å². The largest absolute Gasteiger partial charge is 0.494 e. The van der Waals surface area contributed by atoms with Crippen molar-refractivity contribution in [2.24, 2.45) is 17.6 Å². The van der Waals surface area contributed by atoms with Crippen molar-refractivity contribution in [2.75, 3.05) is 21.1 Å². The molecule has 1 heterocycles. The Morgan fingerprint density at radius 2 is 1.61 bits per heavy atom. The normalized spacial score (nSPS) is 17.7. The molecule has 0 radical (unpaired) electrons. The number of rotatable bonds is 8. The molecule has 0 aliphatic heterocycles. The standard InChI is InChI=1S/C13H24N2O2.C12H18N4O3/c1-14(2)12(13(17)15(3)10-16)9-11-7-5-4-6-8-11;13-9(14)8-10(17)15-12(19)16(11(8)18)6-7-4-2-1-3-5-7/h10-12H,4-9H2,1-3H3;7,18H,1-6H2,(H3,13,14)(H,15,17,19). The van der Waals surface area contributed by atoms with Gasteiger partial charge in [0.2, 0.25) is 18.2 Å². The summed E-state index contributed by atoms with van der Waals surface area (Å²) in [7, 11) is 5.35. The topological polar surface area (TPSA) is 166 Å². The van der Waals surface area contributed by atoms with E-state index in [1.54, 1.807) is 0 Å². The van der Waals surface area contributed by atoms with Crippen LogP contribution in [0.2, 0.25) is 0 Å². The van der Waals surface area contributed by atoms with Gasteiger partial charge in [-0.05, 0) is 45.2 Å². The molecule has 1 aromatic heterocycles. The maximum absolute atomic E-state index is 12.0. The Kier molecular flexibility index (Phi) is 11.4. The number of aromatic amines is 1. The Morgan fingerprint density at radius 1 is 1.08 bits per heavy atom. The number of imide groups is 1. The molecule has 1 atom stereocenters. The van der Waals surface area contributed by atoms with Gasteiger partial charge >= 0.3 is 5.69 Å². The van der Waals surface area contributed by atoms with Gasteiger partial charge in [0.15, 0.2) is 0 Å². The first-order valence-electron chi connectivity index (χ1n) is 12.9. The quantitative estimate of drug-likeness (QED) is 0.236. The Hall–Kier alpha value is -2.95. The van der Waals surface area contributed by atoms with Crippen molar-refractivity contribution in [3.8, 4) is 5.88 Å². The van der Waals surface area contributed by atoms with E-state index in [1.807, 2.05) is 19.0 Å². The van der Waals surface area contributed by atoms with Crippen LogP contribution in [0.4, 0.5) is 0 Å². The molecule has 11 nitrogen and oxygen atoms in total. The van der Waals surface area contributed by atoms with Crippen molar-refractivity contribution in [1.29, 1.82) is 5.41 Å². The number of likely N-dealkylation sites (N-methyl/N-ethyl adjacent to an activating group) is 2. The summed E-state index contributed by atoms with van der Waals surface area (Å²) < 4.78 is 1.11. The van der Waals surface area contributed by atoms with Crippen molar-refractivity contribution in [3.05, 3.63) is 26.4 Å². The molecule has 2 amide bonds. The second-order valence-electron chi connectivity index (χ2n) is 10.3. The highest BCUT2D eigenvalue weighted by Crippen LogP contribution is 2.28. The highest BCUT2D eigenvalue weighted by Gasteiger charge is 2.28. The Bertz CT molecular complexity index is 1010. The number of aromatic nitrogens is 2. The maximum atomic E-state index is 12.0. The van der Waals surface area contributed by atoms with Crippen LogP contribution in [0.1, 0.15) is 76.2 Å². The molecular formula is C25H42N6O5. The van der Waals surface area contributed by atoms with Crippen LogP contribution in [0.5, 0.6) is 5.88 Å². The number of hydrogen-bond acceptors (Lipinski definition) is 7. The van der Waals surface area contributed by atoms with Crippen LogP contribution in [-0.4, -0.2) is 69.8 Å². The second-order valence-corrected chi connectivity index (χ2v) is 10.3. The number of nitrogens with zero attached hydrogens (tertiary/aromatic N) is 3. The molecule has 36 heavy (non-hydrogen) atoms. The lowest BCUT2D eigenvalue weighted by atomic mass is 9.84. The molecule has 0 aromatic carbocycles. The fourth-order valence-electron chi connectivity index (χ4n) is 5.16. The van der Waals surface area contributed by atoms with Crippen LogP contribution in [0, 0.1) is 17.2 Å². The summed E-state index contributed by atoms with van der Waals surface area (Å²) in [4.78, 5) is 51.1. The van der Waals surface area contributed by atoms with E-state index >= 15 is 0 Å². The maximum Gasteiger partial charge on any atom is 0.331 e. The average Bonchev–Trinajstić information content (AvgIpc) is 2.85.